The van der Waals surface area contributed by atoms with E-state index in [1.165, 1.54) is 14.2 Å². The topological polar surface area (TPSA) is 117 Å². The summed E-state index contributed by atoms with van der Waals surface area (Å²) in [5, 5.41) is 11.4. The van der Waals surface area contributed by atoms with Gasteiger partial charge >= 0.3 is 0 Å². The number of aliphatic hydroxyl groups is 1. The highest BCUT2D eigenvalue weighted by Gasteiger charge is 2.46. The largest absolute Gasteiger partial charge is 0.495 e. The van der Waals surface area contributed by atoms with Crippen molar-refractivity contribution < 1.29 is 14.6 Å². The summed E-state index contributed by atoms with van der Waals surface area (Å²) in [7, 11) is 2.93. The number of benzene rings is 2. The van der Waals surface area contributed by atoms with Crippen LogP contribution < -0.4 is 11.5 Å². The van der Waals surface area contributed by atoms with E-state index < -0.39 is 11.7 Å². The maximum atomic E-state index is 11.4. The van der Waals surface area contributed by atoms with Crippen LogP contribution in [0, 0.1) is 11.8 Å². The quantitative estimate of drug-likeness (QED) is 0.432. The van der Waals surface area contributed by atoms with Gasteiger partial charge in [0.2, 0.25) is 11.7 Å². The Kier molecular flexibility index (Phi) is 5.82. The Morgan fingerprint density at radius 2 is 1.84 bits per heavy atom. The van der Waals surface area contributed by atoms with E-state index in [1.807, 2.05) is 48.5 Å². The minimum atomic E-state index is -1.73. The predicted octanol–water partition coefficient (Wildman–Crippen LogP) is 2.70. The fraction of sp³-hybridized carbons (Fsp3) is 0.200. The number of hydrogen-bond donors (Lipinski definition) is 3. The van der Waals surface area contributed by atoms with E-state index in [1.54, 1.807) is 12.3 Å². The maximum absolute atomic E-state index is 11.4. The monoisotopic (exact) mass is 428 g/mol. The summed E-state index contributed by atoms with van der Waals surface area (Å²) >= 11 is 0. The van der Waals surface area contributed by atoms with Gasteiger partial charge in [-0.2, -0.15) is 4.98 Å². The first-order chi connectivity index (χ1) is 15.5. The van der Waals surface area contributed by atoms with Gasteiger partial charge < -0.3 is 26.0 Å². The minimum absolute atomic E-state index is 0.129. The van der Waals surface area contributed by atoms with Crippen LogP contribution in [0.3, 0.4) is 0 Å². The summed E-state index contributed by atoms with van der Waals surface area (Å²) in [6.07, 6.45) is 3.88. The summed E-state index contributed by atoms with van der Waals surface area (Å²) in [5.74, 6) is 4.67. The fourth-order valence-corrected chi connectivity index (χ4v) is 3.85. The lowest BCUT2D eigenvalue weighted by Gasteiger charge is -2.37. The molecule has 3 aromatic rings. The van der Waals surface area contributed by atoms with Gasteiger partial charge in [0.05, 0.1) is 7.11 Å². The van der Waals surface area contributed by atoms with E-state index in [-0.39, 0.29) is 11.7 Å². The molecule has 7 nitrogen and oxygen atoms in total. The second kappa shape index (κ2) is 8.71. The Bertz CT molecular complexity index is 1230. The van der Waals surface area contributed by atoms with Gasteiger partial charge in [-0.3, -0.25) is 0 Å². The van der Waals surface area contributed by atoms with Crippen LogP contribution in [-0.2, 0) is 15.9 Å². The van der Waals surface area contributed by atoms with Crippen LogP contribution in [0.25, 0.3) is 6.08 Å². The van der Waals surface area contributed by atoms with Crippen molar-refractivity contribution in [1.82, 2.24) is 9.97 Å². The number of rotatable bonds is 4. The van der Waals surface area contributed by atoms with E-state index >= 15 is 0 Å². The van der Waals surface area contributed by atoms with Crippen LogP contribution in [0.15, 0.2) is 60.5 Å². The van der Waals surface area contributed by atoms with Gasteiger partial charge in [-0.1, -0.05) is 48.2 Å². The summed E-state index contributed by atoms with van der Waals surface area (Å²) in [5.41, 5.74) is 15.9. The molecular weight excluding hydrogens is 404 g/mol. The third-order valence-electron chi connectivity index (χ3n) is 5.52. The number of nitrogens with two attached hydrogens (primary N) is 2. The van der Waals surface area contributed by atoms with E-state index in [2.05, 4.69) is 21.8 Å². The predicted molar refractivity (Wildman–Crippen MR) is 123 cm³/mol. The number of methoxy groups -OCH3 is 2. The van der Waals surface area contributed by atoms with Gasteiger partial charge in [-0.25, -0.2) is 4.98 Å². The first-order valence-corrected chi connectivity index (χ1v) is 10.0. The fourth-order valence-electron chi connectivity index (χ4n) is 3.85. The summed E-state index contributed by atoms with van der Waals surface area (Å²) in [6.45, 7) is 0. The third kappa shape index (κ3) is 3.89. The van der Waals surface area contributed by atoms with Crippen LogP contribution in [0.1, 0.15) is 33.7 Å². The smallest absolute Gasteiger partial charge is 0.243 e. The van der Waals surface area contributed by atoms with E-state index in [4.69, 9.17) is 20.9 Å². The second-order valence-electron chi connectivity index (χ2n) is 7.42. The Hall–Kier alpha value is -3.86. The Morgan fingerprint density at radius 3 is 2.53 bits per heavy atom. The number of anilines is 2. The standard InChI is InChI=1S/C25H24N4O3/c1-31-22-14-20-17(13-18-15-28-24(27)29-23(18)26)9-6-10-19(20)21(25(22,30)32-2)12-11-16-7-4-3-5-8-16/h3-10,14-15,21,30H,13H2,1-2H3,(H4,26,27,28,29). The Morgan fingerprint density at radius 1 is 1.06 bits per heavy atom. The molecule has 2 aromatic carbocycles. The highest BCUT2D eigenvalue weighted by Crippen LogP contribution is 2.43. The lowest BCUT2D eigenvalue weighted by molar-refractivity contribution is -0.186. The molecule has 0 bridgehead atoms. The van der Waals surface area contributed by atoms with Crippen molar-refractivity contribution >= 4 is 17.8 Å². The van der Waals surface area contributed by atoms with Gasteiger partial charge in [0.15, 0.2) is 5.76 Å². The van der Waals surface area contributed by atoms with Crippen molar-refractivity contribution in [3.8, 4) is 11.8 Å². The maximum Gasteiger partial charge on any atom is 0.243 e. The Labute approximate surface area is 186 Å². The summed E-state index contributed by atoms with van der Waals surface area (Å²) < 4.78 is 11.1. The number of ether oxygens (including phenoxy) is 2. The molecule has 7 heteroatoms. The number of fused-ring (bicyclic) bond motifs is 1. The van der Waals surface area contributed by atoms with Crippen molar-refractivity contribution in [2.75, 3.05) is 25.7 Å². The molecule has 1 aromatic heterocycles. The lowest BCUT2D eigenvalue weighted by atomic mass is 9.79. The average Bonchev–Trinajstić information content (AvgIpc) is 2.80. The third-order valence-corrected chi connectivity index (χ3v) is 5.52. The van der Waals surface area contributed by atoms with Crippen LogP contribution in [0.2, 0.25) is 0 Å². The van der Waals surface area contributed by atoms with Crippen LogP contribution in [-0.4, -0.2) is 35.1 Å². The molecule has 0 fully saturated rings. The number of aromatic nitrogens is 2. The Balaban J connectivity index is 1.84. The molecule has 1 aliphatic carbocycles. The van der Waals surface area contributed by atoms with Gasteiger partial charge in [-0.15, -0.1) is 0 Å². The van der Waals surface area contributed by atoms with Crippen molar-refractivity contribution in [2.24, 2.45) is 0 Å². The van der Waals surface area contributed by atoms with E-state index in [0.717, 1.165) is 27.8 Å². The summed E-state index contributed by atoms with van der Waals surface area (Å²) in [4.78, 5) is 8.11. The summed E-state index contributed by atoms with van der Waals surface area (Å²) in [6, 6.07) is 15.4. The highest BCUT2D eigenvalue weighted by molar-refractivity contribution is 5.68. The van der Waals surface area contributed by atoms with Crippen molar-refractivity contribution in [1.29, 1.82) is 0 Å². The highest BCUT2D eigenvalue weighted by atomic mass is 16.6. The van der Waals surface area contributed by atoms with Crippen molar-refractivity contribution in [2.45, 2.75) is 18.1 Å². The SMILES string of the molecule is COC1=Cc2c(Cc3cnc(N)nc3N)cccc2C(C#Cc2ccccc2)C1(O)OC. The van der Waals surface area contributed by atoms with E-state index in [9.17, 15) is 5.11 Å². The molecule has 2 unspecified atom stereocenters. The lowest BCUT2D eigenvalue weighted by Crippen LogP contribution is -2.43. The molecule has 0 saturated carbocycles. The zero-order valence-corrected chi connectivity index (χ0v) is 17.9. The molecule has 162 valence electrons. The second-order valence-corrected chi connectivity index (χ2v) is 7.42. The number of hydrogen-bond acceptors (Lipinski definition) is 7. The molecule has 32 heavy (non-hydrogen) atoms. The molecule has 0 amide bonds. The van der Waals surface area contributed by atoms with Gasteiger partial charge in [-0.05, 0) is 34.9 Å². The molecule has 2 atom stereocenters. The number of nitrogens with zero attached hydrogens (tertiary/aromatic N) is 2. The molecule has 0 spiro atoms. The molecule has 4 rings (SSSR count). The molecular formula is C25H24N4O3. The molecule has 1 heterocycles. The van der Waals surface area contributed by atoms with Crippen LogP contribution in [0.4, 0.5) is 11.8 Å². The van der Waals surface area contributed by atoms with Gasteiger partial charge in [0.1, 0.15) is 11.7 Å². The van der Waals surface area contributed by atoms with Gasteiger partial charge in [0, 0.05) is 30.9 Å². The molecule has 1 aliphatic rings. The first kappa shape index (κ1) is 21.4. The zero-order valence-electron chi connectivity index (χ0n) is 17.9. The average molecular weight is 428 g/mol. The van der Waals surface area contributed by atoms with Crippen molar-refractivity contribution in [3.63, 3.8) is 0 Å². The van der Waals surface area contributed by atoms with Crippen molar-refractivity contribution in [3.05, 3.63) is 88.3 Å². The zero-order chi connectivity index (χ0) is 22.7. The minimum Gasteiger partial charge on any atom is -0.495 e. The van der Waals surface area contributed by atoms with Gasteiger partial charge in [0.25, 0.3) is 0 Å². The normalized spacial score (nSPS) is 19.3. The van der Waals surface area contributed by atoms with Crippen LogP contribution in [0.5, 0.6) is 0 Å². The van der Waals surface area contributed by atoms with E-state index in [0.29, 0.717) is 12.2 Å². The molecule has 0 saturated heterocycles. The first-order valence-electron chi connectivity index (χ1n) is 10.0. The van der Waals surface area contributed by atoms with Crippen LogP contribution >= 0.6 is 0 Å². The number of nitrogen functional groups attached to an aromatic ring is 2. The molecule has 0 aliphatic heterocycles. The molecule has 5 N–H and O–H groups in total. The molecule has 0 radical (unpaired) electrons.